The Balaban J connectivity index is 1.91. The van der Waals surface area contributed by atoms with Crippen LogP contribution in [0.1, 0.15) is 54.0 Å². The first-order valence-corrected chi connectivity index (χ1v) is 13.7. The van der Waals surface area contributed by atoms with Crippen molar-refractivity contribution in [1.29, 1.82) is 0 Å². The molecule has 1 aliphatic heterocycles. The second-order valence-electron chi connectivity index (χ2n) is 10.5. The van der Waals surface area contributed by atoms with Crippen LogP contribution in [-0.4, -0.2) is 101 Å². The lowest BCUT2D eigenvalue weighted by atomic mass is 10.1. The van der Waals surface area contributed by atoms with Gasteiger partial charge in [0.25, 0.3) is 11.8 Å². The number of halogens is 1. The summed E-state index contributed by atoms with van der Waals surface area (Å²) in [5, 5.41) is 21.6. The minimum absolute atomic E-state index is 0.0900. The van der Waals surface area contributed by atoms with E-state index < -0.39 is 30.0 Å². The van der Waals surface area contributed by atoms with Gasteiger partial charge in [0.1, 0.15) is 29.8 Å². The van der Waals surface area contributed by atoms with Crippen LogP contribution in [0, 0.1) is 11.7 Å². The molecule has 0 bridgehead atoms. The van der Waals surface area contributed by atoms with Crippen LogP contribution in [-0.2, 0) is 16.5 Å². The predicted octanol–water partition coefficient (Wildman–Crippen LogP) is 2.71. The fourth-order valence-electron chi connectivity index (χ4n) is 4.47. The number of hydrogen-bond donors (Lipinski definition) is 2. The highest BCUT2D eigenvalue weighted by Gasteiger charge is 2.32. The van der Waals surface area contributed by atoms with Crippen molar-refractivity contribution >= 4 is 11.8 Å². The summed E-state index contributed by atoms with van der Waals surface area (Å²) >= 11 is 0. The lowest BCUT2D eigenvalue weighted by Crippen LogP contribution is -2.51. The quantitative estimate of drug-likeness (QED) is 0.577. The molecule has 2 N–H and O–H groups in total. The van der Waals surface area contributed by atoms with Crippen LogP contribution in [0.3, 0.4) is 0 Å². The molecule has 2 amide bonds. The van der Waals surface area contributed by atoms with Gasteiger partial charge < -0.3 is 34.1 Å². The summed E-state index contributed by atoms with van der Waals surface area (Å²) in [4.78, 5) is 30.1. The Morgan fingerprint density at radius 2 is 1.79 bits per heavy atom. The molecule has 0 aliphatic carbocycles. The molecular formula is C29H42FN3O6. The fourth-order valence-corrected chi connectivity index (χ4v) is 4.47. The first-order valence-electron chi connectivity index (χ1n) is 13.7. The molecule has 216 valence electrons. The van der Waals surface area contributed by atoms with Gasteiger partial charge >= 0.3 is 0 Å². The normalized spacial score (nSPS) is 22.1. The molecule has 1 aromatic carbocycles. The highest BCUT2D eigenvalue weighted by Crippen LogP contribution is 2.17. The molecule has 2 heterocycles. The van der Waals surface area contributed by atoms with E-state index in [2.05, 4.69) is 0 Å². The molecule has 2 aromatic rings. The molecule has 0 unspecified atom stereocenters. The number of aryl methyl sites for hydroxylation is 1. The van der Waals surface area contributed by atoms with E-state index in [0.29, 0.717) is 44.2 Å². The van der Waals surface area contributed by atoms with Crippen LogP contribution in [0.25, 0.3) is 0 Å². The molecule has 1 saturated heterocycles. The number of benzene rings is 1. The largest absolute Gasteiger partial charge is 0.388 e. The number of aliphatic hydroxyl groups excluding tert-OH is 2. The second-order valence-corrected chi connectivity index (χ2v) is 10.5. The number of carbonyl (C=O) groups excluding carboxylic acids is 2. The molecule has 1 aromatic heterocycles. The zero-order valence-corrected chi connectivity index (χ0v) is 23.2. The third kappa shape index (κ3) is 8.86. The maximum absolute atomic E-state index is 14.7. The molecule has 0 radical (unpaired) electrons. The zero-order valence-electron chi connectivity index (χ0n) is 23.2. The standard InChI is InChI=1S/C29H42FN3O6/c1-21(2)12-18-39-26-19-33(28(36)22-9-4-5-10-23(22)30)16-15-32(29(37)24-11-8-13-31(24)3)14-6-7-17-38-20-25(34)27(26)35/h4-5,8-11,13,21,25-27,34-35H,6-7,12,14-20H2,1-3H3/t25-,26-,27-/m1/s1. The topological polar surface area (TPSA) is 104 Å². The van der Waals surface area contributed by atoms with Gasteiger partial charge in [0.15, 0.2) is 0 Å². The molecule has 10 heteroatoms. The van der Waals surface area contributed by atoms with E-state index in [-0.39, 0.29) is 37.7 Å². The predicted molar refractivity (Wildman–Crippen MR) is 145 cm³/mol. The number of carbonyl (C=O) groups is 2. The van der Waals surface area contributed by atoms with Crippen molar-refractivity contribution in [2.75, 3.05) is 46.0 Å². The maximum Gasteiger partial charge on any atom is 0.270 e. The number of rotatable bonds is 6. The smallest absolute Gasteiger partial charge is 0.270 e. The number of aromatic nitrogens is 1. The van der Waals surface area contributed by atoms with Crippen molar-refractivity contribution in [2.24, 2.45) is 13.0 Å². The van der Waals surface area contributed by atoms with Crippen LogP contribution in [0.5, 0.6) is 0 Å². The average Bonchev–Trinajstić information content (AvgIpc) is 3.34. The molecule has 0 spiro atoms. The van der Waals surface area contributed by atoms with E-state index in [1.165, 1.54) is 23.1 Å². The lowest BCUT2D eigenvalue weighted by Gasteiger charge is -2.34. The van der Waals surface area contributed by atoms with Crippen molar-refractivity contribution in [3.63, 3.8) is 0 Å². The number of hydrogen-bond acceptors (Lipinski definition) is 6. The Morgan fingerprint density at radius 3 is 2.49 bits per heavy atom. The third-order valence-electron chi connectivity index (χ3n) is 6.94. The number of aliphatic hydroxyl groups is 2. The van der Waals surface area contributed by atoms with Crippen molar-refractivity contribution in [1.82, 2.24) is 14.4 Å². The summed E-state index contributed by atoms with van der Waals surface area (Å²) in [7, 11) is 1.80. The van der Waals surface area contributed by atoms with Gasteiger partial charge in [0, 0.05) is 52.6 Å². The third-order valence-corrected chi connectivity index (χ3v) is 6.94. The Morgan fingerprint density at radius 1 is 1.05 bits per heavy atom. The van der Waals surface area contributed by atoms with E-state index in [1.807, 2.05) is 13.8 Å². The first kappa shape index (κ1) is 30.7. The van der Waals surface area contributed by atoms with Crippen LogP contribution in [0.2, 0.25) is 0 Å². The van der Waals surface area contributed by atoms with Gasteiger partial charge in [-0.25, -0.2) is 4.39 Å². The van der Waals surface area contributed by atoms with Crippen LogP contribution in [0.4, 0.5) is 4.39 Å². The van der Waals surface area contributed by atoms with Gasteiger partial charge in [0.2, 0.25) is 0 Å². The van der Waals surface area contributed by atoms with Crippen molar-refractivity contribution < 1.29 is 33.7 Å². The lowest BCUT2D eigenvalue weighted by molar-refractivity contribution is -0.116. The summed E-state index contributed by atoms with van der Waals surface area (Å²) in [5.74, 6) is -1.07. The summed E-state index contributed by atoms with van der Waals surface area (Å²) in [6.07, 6.45) is 0.303. The first-order chi connectivity index (χ1) is 18.7. The summed E-state index contributed by atoms with van der Waals surface area (Å²) < 4.78 is 28.0. The van der Waals surface area contributed by atoms with Crippen LogP contribution < -0.4 is 0 Å². The Bertz CT molecular complexity index is 1060. The van der Waals surface area contributed by atoms with Crippen molar-refractivity contribution in [3.8, 4) is 0 Å². The number of amides is 2. The molecule has 1 aliphatic rings. The Labute approximate surface area is 230 Å². The molecule has 3 rings (SSSR count). The van der Waals surface area contributed by atoms with Gasteiger partial charge in [-0.3, -0.25) is 9.59 Å². The maximum atomic E-state index is 14.7. The summed E-state index contributed by atoms with van der Waals surface area (Å²) in [6.45, 7) is 5.29. The minimum Gasteiger partial charge on any atom is -0.388 e. The molecule has 39 heavy (non-hydrogen) atoms. The summed E-state index contributed by atoms with van der Waals surface area (Å²) in [6, 6.07) is 9.25. The zero-order chi connectivity index (χ0) is 28.4. The van der Waals surface area contributed by atoms with Gasteiger partial charge in [-0.2, -0.15) is 0 Å². The van der Waals surface area contributed by atoms with Crippen molar-refractivity contribution in [3.05, 3.63) is 59.7 Å². The monoisotopic (exact) mass is 547 g/mol. The minimum atomic E-state index is -1.34. The SMILES string of the molecule is CC(C)CCO[C@@H]1CN(C(=O)c2ccccc2F)CCN(C(=O)c2cccn2C)CCCCOC[C@@H](O)[C@H]1O. The summed E-state index contributed by atoms with van der Waals surface area (Å²) in [5.41, 5.74) is 0.408. The van der Waals surface area contributed by atoms with E-state index >= 15 is 0 Å². The molecule has 1 fully saturated rings. The fraction of sp³-hybridized carbons (Fsp3) is 0.586. The second kappa shape index (κ2) is 15.1. The van der Waals surface area contributed by atoms with E-state index in [1.54, 1.807) is 40.9 Å². The van der Waals surface area contributed by atoms with Crippen LogP contribution in [0.15, 0.2) is 42.6 Å². The van der Waals surface area contributed by atoms with Crippen molar-refractivity contribution in [2.45, 2.75) is 51.4 Å². The molecule has 0 saturated carbocycles. The molecular weight excluding hydrogens is 505 g/mol. The Hall–Kier alpha value is -2.79. The number of ether oxygens (including phenoxy) is 2. The van der Waals surface area contributed by atoms with Gasteiger partial charge in [-0.05, 0) is 49.4 Å². The highest BCUT2D eigenvalue weighted by atomic mass is 19.1. The van der Waals surface area contributed by atoms with E-state index in [9.17, 15) is 24.2 Å². The molecule has 3 atom stereocenters. The van der Waals surface area contributed by atoms with Gasteiger partial charge in [0.05, 0.1) is 12.2 Å². The number of nitrogens with zero attached hydrogens (tertiary/aromatic N) is 3. The van der Waals surface area contributed by atoms with E-state index in [0.717, 1.165) is 6.42 Å². The van der Waals surface area contributed by atoms with Gasteiger partial charge in [-0.15, -0.1) is 0 Å². The van der Waals surface area contributed by atoms with Crippen LogP contribution >= 0.6 is 0 Å². The van der Waals surface area contributed by atoms with E-state index in [4.69, 9.17) is 9.47 Å². The molecule has 9 nitrogen and oxygen atoms in total. The average molecular weight is 548 g/mol. The van der Waals surface area contributed by atoms with Gasteiger partial charge in [-0.1, -0.05) is 26.0 Å². The Kier molecular flexibility index (Phi) is 11.9. The highest BCUT2D eigenvalue weighted by molar-refractivity contribution is 5.95.